The van der Waals surface area contributed by atoms with E-state index in [0.29, 0.717) is 0 Å². The number of hydrogen-bond donors (Lipinski definition) is 1. The Labute approximate surface area is 136 Å². The van der Waals surface area contributed by atoms with E-state index in [4.69, 9.17) is 4.74 Å². The third-order valence-corrected chi connectivity index (χ3v) is 4.80. The van der Waals surface area contributed by atoms with Crippen LogP contribution in [0.5, 0.6) is 5.75 Å². The second-order valence-corrected chi connectivity index (χ2v) is 6.32. The lowest BCUT2D eigenvalue weighted by Gasteiger charge is -2.34. The normalized spacial score (nSPS) is 19.9. The highest BCUT2D eigenvalue weighted by molar-refractivity contribution is 5.67. The maximum absolute atomic E-state index is 11.3. The molecule has 3 heteroatoms. The smallest absolute Gasteiger partial charge is 0.303 e. The topological polar surface area (TPSA) is 46.5 Å². The van der Waals surface area contributed by atoms with E-state index in [9.17, 15) is 9.90 Å². The van der Waals surface area contributed by atoms with Crippen molar-refractivity contribution in [3.63, 3.8) is 0 Å². The maximum Gasteiger partial charge on any atom is 0.303 e. The Morgan fingerprint density at radius 3 is 2.74 bits per heavy atom. The van der Waals surface area contributed by atoms with Gasteiger partial charge in [0.05, 0.1) is 7.11 Å². The quantitative estimate of drug-likeness (QED) is 0.922. The summed E-state index contributed by atoms with van der Waals surface area (Å²) >= 11 is 0. The van der Waals surface area contributed by atoms with E-state index in [-0.39, 0.29) is 18.3 Å². The zero-order valence-electron chi connectivity index (χ0n) is 13.6. The van der Waals surface area contributed by atoms with Gasteiger partial charge in [-0.15, -0.1) is 0 Å². The summed E-state index contributed by atoms with van der Waals surface area (Å²) in [7, 11) is 1.68. The van der Waals surface area contributed by atoms with Crippen LogP contribution in [-0.4, -0.2) is 18.2 Å². The minimum atomic E-state index is -0.731. The molecule has 0 amide bonds. The minimum Gasteiger partial charge on any atom is -0.496 e. The van der Waals surface area contributed by atoms with Crippen molar-refractivity contribution < 1.29 is 14.6 Å². The van der Waals surface area contributed by atoms with Gasteiger partial charge in [-0.1, -0.05) is 42.0 Å². The first-order valence-corrected chi connectivity index (χ1v) is 8.04. The molecular weight excluding hydrogens is 288 g/mol. The van der Waals surface area contributed by atoms with Crippen molar-refractivity contribution in [1.29, 1.82) is 0 Å². The summed E-state index contributed by atoms with van der Waals surface area (Å²) in [5.74, 6) is 0.280. The number of rotatable bonds is 4. The van der Waals surface area contributed by atoms with Gasteiger partial charge in [0, 0.05) is 17.9 Å². The average molecular weight is 310 g/mol. The van der Waals surface area contributed by atoms with Crippen LogP contribution >= 0.6 is 0 Å². The molecule has 0 bridgehead atoms. The lowest BCUT2D eigenvalue weighted by Crippen LogP contribution is -2.24. The molecule has 0 spiro atoms. The molecule has 0 saturated carbocycles. The number of carboxylic acids is 1. The van der Waals surface area contributed by atoms with Crippen LogP contribution in [0.15, 0.2) is 42.5 Å². The Bertz CT molecular complexity index is 721. The van der Waals surface area contributed by atoms with Crippen LogP contribution in [-0.2, 0) is 11.2 Å². The summed E-state index contributed by atoms with van der Waals surface area (Å²) in [5, 5.41) is 9.33. The number of carbonyl (C=O) groups is 1. The summed E-state index contributed by atoms with van der Waals surface area (Å²) in [4.78, 5) is 11.3. The van der Waals surface area contributed by atoms with Gasteiger partial charge in [-0.25, -0.2) is 0 Å². The van der Waals surface area contributed by atoms with Crippen molar-refractivity contribution in [1.82, 2.24) is 0 Å². The molecule has 120 valence electrons. The number of benzene rings is 2. The van der Waals surface area contributed by atoms with Crippen molar-refractivity contribution in [2.75, 3.05) is 7.11 Å². The summed E-state index contributed by atoms with van der Waals surface area (Å²) in [6, 6.07) is 14.5. The molecule has 0 fully saturated rings. The van der Waals surface area contributed by atoms with Crippen molar-refractivity contribution >= 4 is 5.97 Å². The second kappa shape index (κ2) is 6.45. The Morgan fingerprint density at radius 2 is 2.00 bits per heavy atom. The van der Waals surface area contributed by atoms with Gasteiger partial charge in [-0.2, -0.15) is 0 Å². The van der Waals surface area contributed by atoms with Crippen LogP contribution in [0.1, 0.15) is 41.0 Å². The van der Waals surface area contributed by atoms with Crippen LogP contribution in [0.25, 0.3) is 0 Å². The molecule has 0 heterocycles. The van der Waals surface area contributed by atoms with E-state index in [1.165, 1.54) is 11.1 Å². The third-order valence-electron chi connectivity index (χ3n) is 4.80. The molecule has 2 aromatic rings. The van der Waals surface area contributed by atoms with Crippen molar-refractivity contribution in [2.24, 2.45) is 5.92 Å². The number of ether oxygens (including phenoxy) is 1. The van der Waals surface area contributed by atoms with E-state index in [2.05, 4.69) is 31.2 Å². The molecule has 1 N–H and O–H groups in total. The zero-order chi connectivity index (χ0) is 16.4. The van der Waals surface area contributed by atoms with Gasteiger partial charge >= 0.3 is 5.97 Å². The largest absolute Gasteiger partial charge is 0.496 e. The molecule has 1 aliphatic carbocycles. The van der Waals surface area contributed by atoms with Gasteiger partial charge in [0.25, 0.3) is 0 Å². The predicted octanol–water partition coefficient (Wildman–Crippen LogP) is 4.17. The summed E-state index contributed by atoms with van der Waals surface area (Å²) in [6.45, 7) is 2.06. The van der Waals surface area contributed by atoms with Crippen LogP contribution < -0.4 is 4.74 Å². The van der Waals surface area contributed by atoms with Crippen LogP contribution in [0, 0.1) is 12.8 Å². The number of carboxylic acid groups (broad SMARTS) is 1. The number of methoxy groups -OCH3 is 1. The van der Waals surface area contributed by atoms with Gasteiger partial charge in [0.15, 0.2) is 0 Å². The molecule has 0 radical (unpaired) electrons. The van der Waals surface area contributed by atoms with Crippen molar-refractivity contribution in [3.8, 4) is 5.75 Å². The fraction of sp³-hybridized carbons (Fsp3) is 0.350. The van der Waals surface area contributed by atoms with Crippen LogP contribution in [0.4, 0.5) is 0 Å². The molecule has 1 aliphatic rings. The van der Waals surface area contributed by atoms with E-state index in [1.54, 1.807) is 7.11 Å². The fourth-order valence-electron chi connectivity index (χ4n) is 3.79. The van der Waals surface area contributed by atoms with Gasteiger partial charge in [0.1, 0.15) is 5.75 Å². The van der Waals surface area contributed by atoms with E-state index in [1.807, 2.05) is 18.2 Å². The average Bonchev–Trinajstić information content (AvgIpc) is 2.54. The molecule has 0 saturated heterocycles. The summed E-state index contributed by atoms with van der Waals surface area (Å²) < 4.78 is 5.57. The van der Waals surface area contributed by atoms with Gasteiger partial charge in [0.2, 0.25) is 0 Å². The van der Waals surface area contributed by atoms with Gasteiger partial charge in [-0.3, -0.25) is 4.79 Å². The summed E-state index contributed by atoms with van der Waals surface area (Å²) in [5.41, 5.74) is 4.83. The fourth-order valence-corrected chi connectivity index (χ4v) is 3.79. The molecule has 23 heavy (non-hydrogen) atoms. The first kappa shape index (κ1) is 15.6. The molecule has 0 aromatic heterocycles. The highest BCUT2D eigenvalue weighted by atomic mass is 16.5. The lowest BCUT2D eigenvalue weighted by atomic mass is 9.70. The van der Waals surface area contributed by atoms with Crippen molar-refractivity contribution in [2.45, 2.75) is 32.1 Å². The highest BCUT2D eigenvalue weighted by Gasteiger charge is 2.33. The number of fused-ring (bicyclic) bond motifs is 1. The monoisotopic (exact) mass is 310 g/mol. The minimum absolute atomic E-state index is 0.0749. The Morgan fingerprint density at radius 1 is 1.22 bits per heavy atom. The summed E-state index contributed by atoms with van der Waals surface area (Å²) in [6.07, 6.45) is 2.03. The first-order chi connectivity index (χ1) is 11.1. The van der Waals surface area contributed by atoms with E-state index in [0.717, 1.165) is 29.7 Å². The Kier molecular flexibility index (Phi) is 4.37. The van der Waals surface area contributed by atoms with E-state index < -0.39 is 5.97 Å². The number of aryl methyl sites for hydroxylation is 2. The van der Waals surface area contributed by atoms with Crippen LogP contribution in [0.2, 0.25) is 0 Å². The Hall–Kier alpha value is -2.29. The van der Waals surface area contributed by atoms with Crippen molar-refractivity contribution in [3.05, 3.63) is 64.7 Å². The van der Waals surface area contributed by atoms with Crippen LogP contribution in [0.3, 0.4) is 0 Å². The van der Waals surface area contributed by atoms with Gasteiger partial charge < -0.3 is 9.84 Å². The number of hydrogen-bond acceptors (Lipinski definition) is 2. The molecular formula is C20H22O3. The standard InChI is InChI=1S/C20H22O3/c1-13-7-10-18(23-2)17(11-13)20-15(12-19(21)22)9-8-14-5-3-4-6-16(14)20/h3-7,10-11,15,20H,8-9,12H2,1-2H3,(H,21,22). The lowest BCUT2D eigenvalue weighted by molar-refractivity contribution is -0.138. The van der Waals surface area contributed by atoms with E-state index >= 15 is 0 Å². The Balaban J connectivity index is 2.14. The number of aliphatic carboxylic acids is 1. The first-order valence-electron chi connectivity index (χ1n) is 8.04. The molecule has 2 aromatic carbocycles. The molecule has 2 unspecified atom stereocenters. The zero-order valence-corrected chi connectivity index (χ0v) is 13.6. The molecule has 0 aliphatic heterocycles. The maximum atomic E-state index is 11.3. The molecule has 3 nitrogen and oxygen atoms in total. The van der Waals surface area contributed by atoms with Gasteiger partial charge in [-0.05, 0) is 42.9 Å². The molecule has 2 atom stereocenters. The highest BCUT2D eigenvalue weighted by Crippen LogP contribution is 2.45. The molecule has 3 rings (SSSR count). The predicted molar refractivity (Wildman–Crippen MR) is 90.1 cm³/mol. The second-order valence-electron chi connectivity index (χ2n) is 6.32. The third kappa shape index (κ3) is 3.09. The SMILES string of the molecule is COc1ccc(C)cc1C1c2ccccc2CCC1CC(=O)O.